The summed E-state index contributed by atoms with van der Waals surface area (Å²) in [4.78, 5) is 32.8. The van der Waals surface area contributed by atoms with Gasteiger partial charge in [-0.3, -0.25) is 14.6 Å². The molecule has 228 valence electrons. The van der Waals surface area contributed by atoms with Crippen molar-refractivity contribution in [1.82, 2.24) is 20.0 Å². The topological polar surface area (TPSA) is 88.9 Å². The van der Waals surface area contributed by atoms with Crippen molar-refractivity contribution in [1.29, 1.82) is 5.26 Å². The second kappa shape index (κ2) is 13.5. The van der Waals surface area contributed by atoms with Crippen molar-refractivity contribution in [3.63, 3.8) is 0 Å². The van der Waals surface area contributed by atoms with Gasteiger partial charge in [-0.1, -0.05) is 42.5 Å². The summed E-state index contributed by atoms with van der Waals surface area (Å²) in [6, 6.07) is 20.8. The van der Waals surface area contributed by atoms with E-state index in [1.165, 1.54) is 11.1 Å². The average Bonchev–Trinajstić information content (AvgIpc) is 3.34. The molecule has 4 fully saturated rings. The average molecular weight is 584 g/mol. The van der Waals surface area contributed by atoms with Gasteiger partial charge in [-0.05, 0) is 67.7 Å². The normalized spacial score (nSPS) is 24.9. The van der Waals surface area contributed by atoms with Crippen LogP contribution in [-0.2, 0) is 22.6 Å². The van der Waals surface area contributed by atoms with Gasteiger partial charge in [-0.2, -0.15) is 5.26 Å². The van der Waals surface area contributed by atoms with Gasteiger partial charge in [-0.15, -0.1) is 0 Å². The minimum atomic E-state index is -0.369. The quantitative estimate of drug-likeness (QED) is 0.474. The number of piperidine rings is 2. The van der Waals surface area contributed by atoms with E-state index in [-0.39, 0.29) is 29.6 Å². The second-order valence-electron chi connectivity index (χ2n) is 13.3. The number of hydrogen-bond acceptors (Lipinski definition) is 6. The summed E-state index contributed by atoms with van der Waals surface area (Å²) in [6.45, 7) is 7.09. The molecular weight excluding hydrogens is 538 g/mol. The van der Waals surface area contributed by atoms with Gasteiger partial charge in [-0.25, -0.2) is 4.79 Å². The van der Waals surface area contributed by atoms with E-state index in [2.05, 4.69) is 51.5 Å². The highest BCUT2D eigenvalue weighted by Gasteiger charge is 2.47. The number of ether oxygens (including phenoxy) is 1. The van der Waals surface area contributed by atoms with E-state index >= 15 is 0 Å². The van der Waals surface area contributed by atoms with Gasteiger partial charge in [0.15, 0.2) is 0 Å². The summed E-state index contributed by atoms with van der Waals surface area (Å²) in [6.07, 6.45) is 7.35. The highest BCUT2D eigenvalue weighted by atomic mass is 16.6. The Morgan fingerprint density at radius 2 is 1.49 bits per heavy atom. The van der Waals surface area contributed by atoms with Crippen molar-refractivity contribution in [2.45, 2.75) is 76.1 Å². The van der Waals surface area contributed by atoms with Gasteiger partial charge < -0.3 is 15.0 Å². The number of carbonyl (C=O) groups is 2. The molecule has 3 aliphatic heterocycles. The fourth-order valence-electron chi connectivity index (χ4n) is 7.47. The highest BCUT2D eigenvalue weighted by Crippen LogP contribution is 2.36. The van der Waals surface area contributed by atoms with Crippen LogP contribution in [0.2, 0.25) is 0 Å². The Labute approximate surface area is 256 Å². The number of benzene rings is 2. The Balaban J connectivity index is 0.889. The summed E-state index contributed by atoms with van der Waals surface area (Å²) in [7, 11) is 0. The predicted octanol–water partition coefficient (Wildman–Crippen LogP) is 4.93. The fraction of sp³-hybridized carbons (Fsp3) is 0.571. The van der Waals surface area contributed by atoms with Gasteiger partial charge >= 0.3 is 6.09 Å². The van der Waals surface area contributed by atoms with Crippen LogP contribution in [-0.4, -0.2) is 77.6 Å². The van der Waals surface area contributed by atoms with Crippen LogP contribution >= 0.6 is 0 Å². The first kappa shape index (κ1) is 29.7. The van der Waals surface area contributed by atoms with Gasteiger partial charge in [0.05, 0.1) is 18.2 Å². The summed E-state index contributed by atoms with van der Waals surface area (Å²) >= 11 is 0. The number of carbonyl (C=O) groups excluding carboxylic acids is 2. The van der Waals surface area contributed by atoms with Gasteiger partial charge in [0, 0.05) is 70.6 Å². The molecule has 0 aromatic heterocycles. The third kappa shape index (κ3) is 7.57. The van der Waals surface area contributed by atoms with Crippen molar-refractivity contribution in [2.24, 2.45) is 11.8 Å². The van der Waals surface area contributed by atoms with Crippen molar-refractivity contribution < 1.29 is 14.3 Å². The number of hydrogen-bond donors (Lipinski definition) is 1. The molecule has 2 aromatic carbocycles. The van der Waals surface area contributed by atoms with Crippen molar-refractivity contribution >= 4 is 12.0 Å². The van der Waals surface area contributed by atoms with Crippen LogP contribution in [0.1, 0.15) is 68.1 Å². The van der Waals surface area contributed by atoms with E-state index in [1.54, 1.807) is 0 Å². The molecule has 0 radical (unpaired) electrons. The number of nitriles is 1. The Bertz CT molecular complexity index is 1270. The molecule has 2 amide bonds. The molecule has 0 unspecified atom stereocenters. The summed E-state index contributed by atoms with van der Waals surface area (Å²) in [5.41, 5.74) is 2.86. The lowest BCUT2D eigenvalue weighted by molar-refractivity contribution is -0.127. The number of amides is 2. The van der Waals surface area contributed by atoms with E-state index in [1.807, 2.05) is 29.2 Å². The molecule has 1 spiro atoms. The Kier molecular flexibility index (Phi) is 9.30. The molecular formula is C35H45N5O3. The monoisotopic (exact) mass is 583 g/mol. The first-order valence-electron chi connectivity index (χ1n) is 16.2. The highest BCUT2D eigenvalue weighted by molar-refractivity contribution is 5.79. The Morgan fingerprint density at radius 3 is 2.14 bits per heavy atom. The van der Waals surface area contributed by atoms with E-state index in [0.717, 1.165) is 97.2 Å². The van der Waals surface area contributed by atoms with Crippen LogP contribution in [0.3, 0.4) is 0 Å². The number of nitrogens with one attached hydrogen (secondary N) is 1. The van der Waals surface area contributed by atoms with Crippen molar-refractivity contribution in [3.8, 4) is 6.07 Å². The molecule has 0 atom stereocenters. The molecule has 8 nitrogen and oxygen atoms in total. The maximum Gasteiger partial charge on any atom is 0.410 e. The lowest BCUT2D eigenvalue weighted by atomic mass is 9.81. The molecule has 1 aliphatic carbocycles. The zero-order chi connectivity index (χ0) is 29.6. The fourth-order valence-corrected chi connectivity index (χ4v) is 7.47. The molecule has 3 saturated heterocycles. The largest absolute Gasteiger partial charge is 0.441 e. The van der Waals surface area contributed by atoms with Crippen LogP contribution in [0.5, 0.6) is 0 Å². The molecule has 2 aromatic rings. The number of rotatable bonds is 8. The van der Waals surface area contributed by atoms with Crippen molar-refractivity contribution in [2.75, 3.05) is 39.3 Å². The minimum Gasteiger partial charge on any atom is -0.441 e. The lowest BCUT2D eigenvalue weighted by Gasteiger charge is -2.37. The molecule has 8 heteroatoms. The first-order chi connectivity index (χ1) is 21.0. The zero-order valence-corrected chi connectivity index (χ0v) is 25.3. The molecule has 3 heterocycles. The van der Waals surface area contributed by atoms with Crippen molar-refractivity contribution in [3.05, 3.63) is 71.3 Å². The molecule has 6 rings (SSSR count). The molecule has 4 aliphatic rings. The summed E-state index contributed by atoms with van der Waals surface area (Å²) < 4.78 is 6.01. The zero-order valence-electron chi connectivity index (χ0n) is 25.3. The Hall–Kier alpha value is -3.41. The Morgan fingerprint density at radius 1 is 0.860 bits per heavy atom. The molecule has 43 heavy (non-hydrogen) atoms. The van der Waals surface area contributed by atoms with Gasteiger partial charge in [0.2, 0.25) is 5.91 Å². The van der Waals surface area contributed by atoms with Gasteiger partial charge in [0.1, 0.15) is 5.60 Å². The summed E-state index contributed by atoms with van der Waals surface area (Å²) in [5.74, 6) is 0.757. The minimum absolute atomic E-state index is 0.0934. The summed E-state index contributed by atoms with van der Waals surface area (Å²) in [5, 5.41) is 12.4. The first-order valence-corrected chi connectivity index (χ1v) is 16.2. The standard InChI is InChI=1S/C35H45N5O3/c36-22-27-6-8-29(9-7-27)24-39-20-16-35(17-21-39)26-40(34(42)43-35)25-30-10-12-31(13-11-30)33(41)37-32-14-18-38(19-15-32)23-28-4-2-1-3-5-28/h1-9,30-32H,10-21,23-26H2,(H,37,41)/t30-,31-. The third-order valence-corrected chi connectivity index (χ3v) is 10.2. The maximum atomic E-state index is 13.1. The molecule has 1 saturated carbocycles. The van der Waals surface area contributed by atoms with Crippen LogP contribution < -0.4 is 5.32 Å². The number of likely N-dealkylation sites (tertiary alicyclic amines) is 2. The number of nitrogens with zero attached hydrogens (tertiary/aromatic N) is 4. The maximum absolute atomic E-state index is 13.1. The van der Waals surface area contributed by atoms with E-state index in [4.69, 9.17) is 10.00 Å². The molecule has 0 bridgehead atoms. The van der Waals surface area contributed by atoms with Crippen LogP contribution in [0.25, 0.3) is 0 Å². The van der Waals surface area contributed by atoms with E-state index in [9.17, 15) is 9.59 Å². The van der Waals surface area contributed by atoms with E-state index in [0.29, 0.717) is 18.0 Å². The third-order valence-electron chi connectivity index (χ3n) is 10.2. The molecule has 1 N–H and O–H groups in total. The second-order valence-corrected chi connectivity index (χ2v) is 13.3. The predicted molar refractivity (Wildman–Crippen MR) is 165 cm³/mol. The van der Waals surface area contributed by atoms with Gasteiger partial charge in [0.25, 0.3) is 0 Å². The van der Waals surface area contributed by atoms with E-state index < -0.39 is 0 Å². The lowest BCUT2D eigenvalue weighted by Crippen LogP contribution is -2.47. The SMILES string of the molecule is N#Cc1ccc(CN2CCC3(CC2)CN(C[C@H]2CC[C@H](C(=O)NC4CCN(Cc5ccccc5)CC4)CC2)C(=O)O3)cc1. The van der Waals surface area contributed by atoms with Crippen LogP contribution in [0.15, 0.2) is 54.6 Å². The van der Waals surface area contributed by atoms with Crippen LogP contribution in [0, 0.1) is 23.2 Å². The van der Waals surface area contributed by atoms with Crippen LogP contribution in [0.4, 0.5) is 4.79 Å². The smallest absolute Gasteiger partial charge is 0.410 e.